The maximum Gasteiger partial charge on any atom is 0.168 e. The largest absolute Gasteiger partial charge is 0.504 e. The molecule has 0 bridgehead atoms. The molecule has 0 aliphatic rings. The quantitative estimate of drug-likeness (QED) is 0.670. The summed E-state index contributed by atoms with van der Waals surface area (Å²) in [6.07, 6.45) is 0.541. The van der Waals surface area contributed by atoms with Gasteiger partial charge in [-0.05, 0) is 18.2 Å². The molecule has 1 N–H and O–H groups in total. The van der Waals surface area contributed by atoms with Crippen LogP contribution >= 0.6 is 0 Å². The van der Waals surface area contributed by atoms with Crippen LogP contribution in [0.5, 0.6) is 11.5 Å². The van der Waals surface area contributed by atoms with Crippen molar-refractivity contribution < 1.29 is 14.6 Å². The van der Waals surface area contributed by atoms with Gasteiger partial charge in [0.15, 0.2) is 17.8 Å². The second-order valence-corrected chi connectivity index (χ2v) is 3.74. The van der Waals surface area contributed by atoms with Crippen molar-refractivity contribution in [2.45, 2.75) is 0 Å². The number of ether oxygens (including phenoxy) is 1. The van der Waals surface area contributed by atoms with Crippen LogP contribution in [-0.4, -0.2) is 18.5 Å². The first kappa shape index (κ1) is 12.8. The van der Waals surface area contributed by atoms with Crippen LogP contribution < -0.4 is 4.74 Å². The molecule has 0 aliphatic carbocycles. The summed E-state index contributed by atoms with van der Waals surface area (Å²) in [5.74, 6) is -0.0113. The van der Waals surface area contributed by atoms with Crippen LogP contribution in [0.2, 0.25) is 0 Å². The summed E-state index contributed by atoms with van der Waals surface area (Å²) in [7, 11) is 1.40. The molecule has 0 aliphatic heterocycles. The number of benzene rings is 2. The molecule has 0 radical (unpaired) electrons. The van der Waals surface area contributed by atoms with Crippen LogP contribution in [0.15, 0.2) is 52.7 Å². The van der Waals surface area contributed by atoms with E-state index in [4.69, 9.17) is 4.74 Å². The molecule has 2 aromatic rings. The van der Waals surface area contributed by atoms with Crippen LogP contribution in [-0.2, 0) is 0 Å². The first-order valence-corrected chi connectivity index (χ1v) is 5.57. The fourth-order valence-corrected chi connectivity index (χ4v) is 1.53. The maximum absolute atomic E-state index is 10.8. The van der Waals surface area contributed by atoms with E-state index in [2.05, 4.69) is 10.2 Å². The van der Waals surface area contributed by atoms with Gasteiger partial charge in [-0.2, -0.15) is 10.2 Å². The molecule has 5 heteroatoms. The smallest absolute Gasteiger partial charge is 0.168 e. The number of aldehydes is 1. The zero-order valence-corrected chi connectivity index (χ0v) is 10.3. The number of phenols is 1. The van der Waals surface area contributed by atoms with Gasteiger partial charge in [0.25, 0.3) is 0 Å². The molecule has 19 heavy (non-hydrogen) atoms. The van der Waals surface area contributed by atoms with Gasteiger partial charge >= 0.3 is 0 Å². The van der Waals surface area contributed by atoms with E-state index in [1.54, 1.807) is 0 Å². The number of aromatic hydroxyl groups is 1. The van der Waals surface area contributed by atoms with Crippen molar-refractivity contribution >= 4 is 17.7 Å². The molecule has 96 valence electrons. The van der Waals surface area contributed by atoms with Crippen LogP contribution in [0.25, 0.3) is 0 Å². The minimum absolute atomic E-state index is 0.112. The van der Waals surface area contributed by atoms with Gasteiger partial charge < -0.3 is 9.84 Å². The fraction of sp³-hybridized carbons (Fsp3) is 0.0714. The highest BCUT2D eigenvalue weighted by Gasteiger charge is 2.09. The Morgan fingerprint density at radius 1 is 1.11 bits per heavy atom. The Morgan fingerprint density at radius 2 is 1.79 bits per heavy atom. The number of methoxy groups -OCH3 is 1. The molecular weight excluding hydrogens is 244 g/mol. The minimum Gasteiger partial charge on any atom is -0.504 e. The Kier molecular flexibility index (Phi) is 3.87. The molecule has 0 saturated carbocycles. The Morgan fingerprint density at radius 3 is 2.42 bits per heavy atom. The molecule has 0 saturated heterocycles. The van der Waals surface area contributed by atoms with Crippen molar-refractivity contribution in [3.63, 3.8) is 0 Å². The monoisotopic (exact) mass is 256 g/mol. The summed E-state index contributed by atoms with van der Waals surface area (Å²) < 4.78 is 4.97. The second-order valence-electron chi connectivity index (χ2n) is 3.74. The van der Waals surface area contributed by atoms with Crippen molar-refractivity contribution in [1.82, 2.24) is 0 Å². The lowest BCUT2D eigenvalue weighted by Gasteiger charge is -2.05. The topological polar surface area (TPSA) is 71.2 Å². The van der Waals surface area contributed by atoms with Gasteiger partial charge in [0, 0.05) is 6.07 Å². The lowest BCUT2D eigenvalue weighted by molar-refractivity contribution is 0.112. The molecule has 0 atom stereocenters. The van der Waals surface area contributed by atoms with Gasteiger partial charge in [0.05, 0.1) is 24.0 Å². The average Bonchev–Trinajstić information content (AvgIpc) is 2.47. The summed E-state index contributed by atoms with van der Waals surface area (Å²) in [6, 6.07) is 12.1. The first-order chi connectivity index (χ1) is 9.24. The van der Waals surface area contributed by atoms with Crippen LogP contribution in [0, 0.1) is 0 Å². The standard InChI is InChI=1S/C14H12N2O3/c1-19-13-8-12(7-10(9-17)14(13)18)16-15-11-5-3-2-4-6-11/h2-9,18H,1H3. The van der Waals surface area contributed by atoms with E-state index in [0.29, 0.717) is 17.7 Å². The Hall–Kier alpha value is -2.69. The van der Waals surface area contributed by atoms with Gasteiger partial charge in [-0.1, -0.05) is 18.2 Å². The van der Waals surface area contributed by atoms with E-state index in [-0.39, 0.29) is 17.1 Å². The number of phenolic OH excluding ortho intramolecular Hbond substituents is 1. The number of nitrogens with zero attached hydrogens (tertiary/aromatic N) is 2. The van der Waals surface area contributed by atoms with Crippen molar-refractivity contribution in [3.05, 3.63) is 48.0 Å². The van der Waals surface area contributed by atoms with Gasteiger partial charge in [0.1, 0.15) is 0 Å². The third-order valence-corrected chi connectivity index (χ3v) is 2.47. The normalized spacial score (nSPS) is 10.6. The summed E-state index contributed by atoms with van der Waals surface area (Å²) in [5.41, 5.74) is 1.24. The molecule has 0 amide bonds. The van der Waals surface area contributed by atoms with Crippen LogP contribution in [0.4, 0.5) is 11.4 Å². The predicted molar refractivity (Wildman–Crippen MR) is 70.7 cm³/mol. The van der Waals surface area contributed by atoms with E-state index >= 15 is 0 Å². The molecular formula is C14H12N2O3. The van der Waals surface area contributed by atoms with Crippen molar-refractivity contribution in [1.29, 1.82) is 0 Å². The zero-order valence-electron chi connectivity index (χ0n) is 10.3. The molecule has 5 nitrogen and oxygen atoms in total. The molecule has 0 fully saturated rings. The lowest BCUT2D eigenvalue weighted by atomic mass is 10.2. The van der Waals surface area contributed by atoms with E-state index in [9.17, 15) is 9.90 Å². The van der Waals surface area contributed by atoms with Crippen LogP contribution in [0.1, 0.15) is 10.4 Å². The number of hydrogen-bond acceptors (Lipinski definition) is 5. The van der Waals surface area contributed by atoms with E-state index in [0.717, 1.165) is 0 Å². The van der Waals surface area contributed by atoms with Crippen molar-refractivity contribution in [3.8, 4) is 11.5 Å². The number of rotatable bonds is 4. The highest BCUT2D eigenvalue weighted by atomic mass is 16.5. The Labute approximate surface area is 110 Å². The lowest BCUT2D eigenvalue weighted by Crippen LogP contribution is -1.88. The average molecular weight is 256 g/mol. The highest BCUT2D eigenvalue weighted by Crippen LogP contribution is 2.34. The molecule has 0 heterocycles. The van der Waals surface area contributed by atoms with E-state index in [1.807, 2.05) is 30.3 Å². The maximum atomic E-state index is 10.8. The predicted octanol–water partition coefficient (Wildman–Crippen LogP) is 3.63. The number of azo groups is 1. The summed E-state index contributed by atoms with van der Waals surface area (Å²) >= 11 is 0. The zero-order chi connectivity index (χ0) is 13.7. The van der Waals surface area contributed by atoms with Crippen molar-refractivity contribution in [2.24, 2.45) is 10.2 Å². The SMILES string of the molecule is COc1cc(N=Nc2ccccc2)cc(C=O)c1O. The summed E-state index contributed by atoms with van der Waals surface area (Å²) in [5, 5.41) is 17.7. The third kappa shape index (κ3) is 2.95. The number of carbonyl (C=O) groups excluding carboxylic acids is 1. The third-order valence-electron chi connectivity index (χ3n) is 2.47. The highest BCUT2D eigenvalue weighted by molar-refractivity contribution is 5.83. The fourth-order valence-electron chi connectivity index (χ4n) is 1.53. The van der Waals surface area contributed by atoms with Gasteiger partial charge in [0.2, 0.25) is 0 Å². The van der Waals surface area contributed by atoms with E-state index in [1.165, 1.54) is 19.2 Å². The van der Waals surface area contributed by atoms with Crippen LogP contribution in [0.3, 0.4) is 0 Å². The van der Waals surface area contributed by atoms with Crippen molar-refractivity contribution in [2.75, 3.05) is 7.11 Å². The molecule has 2 rings (SSSR count). The minimum atomic E-state index is -0.198. The molecule has 0 spiro atoms. The summed E-state index contributed by atoms with van der Waals surface area (Å²) in [4.78, 5) is 10.8. The second kappa shape index (κ2) is 5.77. The van der Waals surface area contributed by atoms with Gasteiger partial charge in [-0.3, -0.25) is 4.79 Å². The van der Waals surface area contributed by atoms with Gasteiger partial charge in [-0.25, -0.2) is 0 Å². The Balaban J connectivity index is 2.35. The van der Waals surface area contributed by atoms with E-state index < -0.39 is 0 Å². The molecule has 2 aromatic carbocycles. The Bertz CT molecular complexity index is 610. The number of carbonyl (C=O) groups is 1. The first-order valence-electron chi connectivity index (χ1n) is 5.57. The van der Waals surface area contributed by atoms with Gasteiger partial charge in [-0.15, -0.1) is 0 Å². The summed E-state index contributed by atoms with van der Waals surface area (Å²) in [6.45, 7) is 0. The number of hydrogen-bond donors (Lipinski definition) is 1. The molecule has 0 aromatic heterocycles. The molecule has 0 unspecified atom stereocenters.